The fourth-order valence-corrected chi connectivity index (χ4v) is 3.90. The zero-order valence-corrected chi connectivity index (χ0v) is 14.8. The summed E-state index contributed by atoms with van der Waals surface area (Å²) in [5, 5.41) is 0. The van der Waals surface area contributed by atoms with Crippen molar-refractivity contribution in [2.75, 3.05) is 17.8 Å². The predicted octanol–water partition coefficient (Wildman–Crippen LogP) is 1.59. The topological polar surface area (TPSA) is 101 Å². The van der Waals surface area contributed by atoms with Crippen molar-refractivity contribution in [1.82, 2.24) is 14.9 Å². The Morgan fingerprint density at radius 1 is 1.16 bits per heavy atom. The molecule has 8 heteroatoms. The summed E-state index contributed by atoms with van der Waals surface area (Å²) in [7, 11) is -3.67. The van der Waals surface area contributed by atoms with E-state index in [9.17, 15) is 8.42 Å². The zero-order valence-electron chi connectivity index (χ0n) is 14.0. The third-order valence-electron chi connectivity index (χ3n) is 4.18. The first-order valence-electron chi connectivity index (χ1n) is 8.40. The van der Waals surface area contributed by atoms with Gasteiger partial charge in [0.25, 0.3) is 10.0 Å². The monoisotopic (exact) mass is 361 g/mol. The van der Waals surface area contributed by atoms with Gasteiger partial charge < -0.3 is 5.73 Å². The van der Waals surface area contributed by atoms with E-state index >= 15 is 0 Å². The maximum Gasteiger partial charge on any atom is 0.264 e. The molecule has 2 aromatic rings. The number of benzene rings is 1. The molecule has 1 aliphatic rings. The molecular formula is C17H23N5O2S. The van der Waals surface area contributed by atoms with Crippen molar-refractivity contribution < 1.29 is 8.42 Å². The van der Waals surface area contributed by atoms with E-state index in [1.54, 1.807) is 30.6 Å². The van der Waals surface area contributed by atoms with Crippen LogP contribution in [-0.2, 0) is 16.6 Å². The Kier molecular flexibility index (Phi) is 5.62. The van der Waals surface area contributed by atoms with Crippen LogP contribution in [0, 0.1) is 0 Å². The number of nitrogens with zero attached hydrogens (tertiary/aromatic N) is 3. The molecule has 0 radical (unpaired) electrons. The quantitative estimate of drug-likeness (QED) is 0.839. The first kappa shape index (κ1) is 17.8. The van der Waals surface area contributed by atoms with Gasteiger partial charge in [-0.2, -0.15) is 0 Å². The second-order valence-electron chi connectivity index (χ2n) is 6.32. The highest BCUT2D eigenvalue weighted by atomic mass is 32.2. The molecule has 1 aliphatic heterocycles. The number of nitrogens with two attached hydrogens (primary N) is 1. The fourth-order valence-electron chi connectivity index (χ4n) is 2.93. The minimum atomic E-state index is -3.67. The smallest absolute Gasteiger partial charge is 0.264 e. The van der Waals surface area contributed by atoms with Crippen molar-refractivity contribution >= 4 is 16.0 Å². The van der Waals surface area contributed by atoms with Crippen molar-refractivity contribution in [3.05, 3.63) is 48.3 Å². The highest BCUT2D eigenvalue weighted by Gasteiger charge is 2.17. The first-order chi connectivity index (χ1) is 12.0. The molecule has 1 aromatic carbocycles. The van der Waals surface area contributed by atoms with Crippen LogP contribution in [0.15, 0.2) is 47.6 Å². The van der Waals surface area contributed by atoms with Crippen molar-refractivity contribution in [2.45, 2.75) is 36.7 Å². The van der Waals surface area contributed by atoms with Gasteiger partial charge in [-0.1, -0.05) is 24.6 Å². The lowest BCUT2D eigenvalue weighted by molar-refractivity contribution is 0.264. The Bertz CT molecular complexity index is 780. The Labute approximate surface area is 148 Å². The van der Waals surface area contributed by atoms with Crippen LogP contribution in [0.3, 0.4) is 0 Å². The fraction of sp³-hybridized carbons (Fsp3) is 0.412. The van der Waals surface area contributed by atoms with Crippen LogP contribution in [-0.4, -0.2) is 42.4 Å². The SMILES string of the molecule is N[C@H]1CCCCN(Cc2cnc(NS(=O)(=O)c3ccccc3)nc2)C1. The molecule has 0 spiro atoms. The molecule has 3 rings (SSSR count). The molecule has 7 nitrogen and oxygen atoms in total. The first-order valence-corrected chi connectivity index (χ1v) is 9.88. The van der Waals surface area contributed by atoms with E-state index < -0.39 is 10.0 Å². The zero-order chi connectivity index (χ0) is 17.7. The highest BCUT2D eigenvalue weighted by Crippen LogP contribution is 2.14. The molecule has 1 saturated heterocycles. The van der Waals surface area contributed by atoms with Gasteiger partial charge in [0, 0.05) is 37.1 Å². The lowest BCUT2D eigenvalue weighted by Crippen LogP contribution is -2.35. The second kappa shape index (κ2) is 7.90. The molecule has 2 heterocycles. The van der Waals surface area contributed by atoms with Gasteiger partial charge >= 0.3 is 0 Å². The van der Waals surface area contributed by atoms with Gasteiger partial charge in [0.2, 0.25) is 5.95 Å². The molecule has 134 valence electrons. The van der Waals surface area contributed by atoms with Gasteiger partial charge in [-0.3, -0.25) is 4.90 Å². The number of likely N-dealkylation sites (tertiary alicyclic amines) is 1. The van der Waals surface area contributed by atoms with Gasteiger partial charge in [0.05, 0.1) is 4.90 Å². The normalized spacial score (nSPS) is 19.3. The van der Waals surface area contributed by atoms with E-state index in [1.165, 1.54) is 12.1 Å². The minimum absolute atomic E-state index is 0.0696. The van der Waals surface area contributed by atoms with Crippen LogP contribution in [0.2, 0.25) is 0 Å². The van der Waals surface area contributed by atoms with E-state index in [0.29, 0.717) is 0 Å². The summed E-state index contributed by atoms with van der Waals surface area (Å²) in [4.78, 5) is 10.8. The molecular weight excluding hydrogens is 338 g/mol. The van der Waals surface area contributed by atoms with Crippen LogP contribution < -0.4 is 10.5 Å². The summed E-state index contributed by atoms with van der Waals surface area (Å²) >= 11 is 0. The summed E-state index contributed by atoms with van der Waals surface area (Å²) in [6.07, 6.45) is 6.68. The standard InChI is InChI=1S/C17H23N5O2S/c18-15-6-4-5-9-22(13-15)12-14-10-19-17(20-11-14)21-25(23,24)16-7-2-1-3-8-16/h1-3,7-8,10-11,15H,4-6,9,12-13,18H2,(H,19,20,21)/t15-/m0/s1. The Morgan fingerprint density at radius 2 is 1.88 bits per heavy atom. The van der Waals surface area contributed by atoms with E-state index in [0.717, 1.165) is 44.5 Å². The predicted molar refractivity (Wildman–Crippen MR) is 96.4 cm³/mol. The molecule has 3 N–H and O–H groups in total. The van der Waals surface area contributed by atoms with Gasteiger partial charge in [0.1, 0.15) is 0 Å². The van der Waals surface area contributed by atoms with E-state index in [4.69, 9.17) is 5.73 Å². The van der Waals surface area contributed by atoms with Gasteiger partial charge in [-0.05, 0) is 31.5 Å². The number of hydrogen-bond acceptors (Lipinski definition) is 6. The van der Waals surface area contributed by atoms with Gasteiger partial charge in [-0.15, -0.1) is 0 Å². The van der Waals surface area contributed by atoms with Crippen LogP contribution in [0.1, 0.15) is 24.8 Å². The second-order valence-corrected chi connectivity index (χ2v) is 8.01. The number of sulfonamides is 1. The Balaban J connectivity index is 1.64. The molecule has 1 aromatic heterocycles. The maximum absolute atomic E-state index is 12.3. The van der Waals surface area contributed by atoms with Crippen LogP contribution in [0.25, 0.3) is 0 Å². The molecule has 0 unspecified atom stereocenters. The number of hydrogen-bond donors (Lipinski definition) is 2. The molecule has 0 aliphatic carbocycles. The largest absolute Gasteiger partial charge is 0.327 e. The van der Waals surface area contributed by atoms with Crippen LogP contribution in [0.5, 0.6) is 0 Å². The third-order valence-corrected chi connectivity index (χ3v) is 5.53. The van der Waals surface area contributed by atoms with Crippen molar-refractivity contribution in [3.63, 3.8) is 0 Å². The van der Waals surface area contributed by atoms with Crippen LogP contribution in [0.4, 0.5) is 5.95 Å². The summed E-state index contributed by atoms with van der Waals surface area (Å²) in [5.74, 6) is 0.0696. The summed E-state index contributed by atoms with van der Waals surface area (Å²) in [6, 6.07) is 8.37. The van der Waals surface area contributed by atoms with Crippen molar-refractivity contribution in [1.29, 1.82) is 0 Å². The lowest BCUT2D eigenvalue weighted by atomic mass is 10.2. The van der Waals surface area contributed by atoms with E-state index in [2.05, 4.69) is 19.6 Å². The maximum atomic E-state index is 12.3. The summed E-state index contributed by atoms with van der Waals surface area (Å²) < 4.78 is 26.9. The molecule has 1 fully saturated rings. The summed E-state index contributed by atoms with van der Waals surface area (Å²) in [5.41, 5.74) is 7.02. The number of rotatable bonds is 5. The van der Waals surface area contributed by atoms with Gasteiger partial charge in [0.15, 0.2) is 0 Å². The highest BCUT2D eigenvalue weighted by molar-refractivity contribution is 7.92. The van der Waals surface area contributed by atoms with Gasteiger partial charge in [-0.25, -0.2) is 23.1 Å². The van der Waals surface area contributed by atoms with Crippen molar-refractivity contribution in [2.24, 2.45) is 5.73 Å². The molecule has 0 saturated carbocycles. The third kappa shape index (κ3) is 4.97. The molecule has 25 heavy (non-hydrogen) atoms. The number of nitrogens with one attached hydrogen (secondary N) is 1. The van der Waals surface area contributed by atoms with E-state index in [1.807, 2.05) is 0 Å². The average molecular weight is 361 g/mol. The Hall–Kier alpha value is -2.03. The van der Waals surface area contributed by atoms with Crippen LogP contribution >= 0.6 is 0 Å². The Morgan fingerprint density at radius 3 is 2.60 bits per heavy atom. The number of anilines is 1. The average Bonchev–Trinajstić information content (AvgIpc) is 2.81. The van der Waals surface area contributed by atoms with E-state index in [-0.39, 0.29) is 16.9 Å². The lowest BCUT2D eigenvalue weighted by Gasteiger charge is -2.22. The molecule has 1 atom stereocenters. The summed E-state index contributed by atoms with van der Waals surface area (Å²) in [6.45, 7) is 2.60. The minimum Gasteiger partial charge on any atom is -0.327 e. The molecule has 0 bridgehead atoms. The van der Waals surface area contributed by atoms with Crippen molar-refractivity contribution in [3.8, 4) is 0 Å². The molecule has 0 amide bonds. The number of aromatic nitrogens is 2.